The summed E-state index contributed by atoms with van der Waals surface area (Å²) in [5.74, 6) is -0.924. The van der Waals surface area contributed by atoms with Crippen LogP contribution in [0.4, 0.5) is 15.8 Å². The van der Waals surface area contributed by atoms with Crippen LogP contribution in [0.15, 0.2) is 42.5 Å². The lowest BCUT2D eigenvalue weighted by atomic mass is 10.1. The molecule has 2 heterocycles. The number of carbonyl (C=O) groups is 2. The minimum absolute atomic E-state index is 0.0825. The maximum absolute atomic E-state index is 14.4. The first kappa shape index (κ1) is 19.6. The van der Waals surface area contributed by atoms with E-state index in [-0.39, 0.29) is 23.1 Å². The standard InChI is InChI=1S/C21H19FN4O4/c1-13(27)14-5-6-18(16(22)11-14)24-7-9-25(10-8-24)21(28)17-12-15-3-2-4-19(26(29)30)20(15)23-17/h2-6,11-12,23H,7-10H2,1H3. The van der Waals surface area contributed by atoms with E-state index in [9.17, 15) is 24.1 Å². The fraction of sp³-hybridized carbons (Fsp3) is 0.238. The van der Waals surface area contributed by atoms with Crippen LogP contribution in [-0.2, 0) is 0 Å². The number of carbonyl (C=O) groups excluding carboxylic acids is 2. The lowest BCUT2D eigenvalue weighted by molar-refractivity contribution is -0.383. The number of benzene rings is 2. The van der Waals surface area contributed by atoms with Crippen LogP contribution in [0.1, 0.15) is 27.8 Å². The Bertz CT molecular complexity index is 1170. The number of amides is 1. The fourth-order valence-electron chi connectivity index (χ4n) is 3.71. The normalized spacial score (nSPS) is 14.2. The summed E-state index contributed by atoms with van der Waals surface area (Å²) in [6, 6.07) is 10.7. The van der Waals surface area contributed by atoms with Crippen LogP contribution in [0.25, 0.3) is 10.9 Å². The molecule has 1 fully saturated rings. The first-order valence-electron chi connectivity index (χ1n) is 9.46. The van der Waals surface area contributed by atoms with Crippen molar-refractivity contribution in [2.75, 3.05) is 31.1 Å². The second-order valence-corrected chi connectivity index (χ2v) is 7.18. The molecule has 4 rings (SSSR count). The van der Waals surface area contributed by atoms with Gasteiger partial charge in [0, 0.05) is 43.2 Å². The molecule has 0 radical (unpaired) electrons. The van der Waals surface area contributed by atoms with Crippen molar-refractivity contribution < 1.29 is 18.9 Å². The number of nitro benzene ring substituents is 1. The Kier molecular flexibility index (Phi) is 4.94. The molecule has 154 valence electrons. The van der Waals surface area contributed by atoms with Crippen molar-refractivity contribution in [3.8, 4) is 0 Å². The maximum Gasteiger partial charge on any atom is 0.293 e. The predicted molar refractivity (Wildman–Crippen MR) is 109 cm³/mol. The maximum atomic E-state index is 14.4. The lowest BCUT2D eigenvalue weighted by Crippen LogP contribution is -2.49. The Labute approximate surface area is 171 Å². The van der Waals surface area contributed by atoms with Crippen LogP contribution in [-0.4, -0.2) is 52.7 Å². The molecule has 1 aliphatic heterocycles. The second kappa shape index (κ2) is 7.58. The number of H-pyrrole nitrogens is 1. The van der Waals surface area contributed by atoms with E-state index >= 15 is 0 Å². The molecule has 1 N–H and O–H groups in total. The van der Waals surface area contributed by atoms with E-state index < -0.39 is 10.7 Å². The number of aromatic nitrogens is 1. The molecule has 1 amide bonds. The van der Waals surface area contributed by atoms with Gasteiger partial charge in [0.15, 0.2) is 5.78 Å². The Morgan fingerprint density at radius 3 is 2.47 bits per heavy atom. The number of anilines is 1. The van der Waals surface area contributed by atoms with Crippen molar-refractivity contribution >= 4 is 34.0 Å². The van der Waals surface area contributed by atoms with Crippen LogP contribution in [0, 0.1) is 15.9 Å². The minimum Gasteiger partial charge on any atom is -0.366 e. The molecular weight excluding hydrogens is 391 g/mol. The van der Waals surface area contributed by atoms with Crippen molar-refractivity contribution in [3.05, 3.63) is 69.7 Å². The summed E-state index contributed by atoms with van der Waals surface area (Å²) in [4.78, 5) is 41.3. The van der Waals surface area contributed by atoms with Gasteiger partial charge in [-0.2, -0.15) is 0 Å². The monoisotopic (exact) mass is 410 g/mol. The molecule has 0 aliphatic carbocycles. The van der Waals surface area contributed by atoms with Crippen LogP contribution in [0.3, 0.4) is 0 Å². The van der Waals surface area contributed by atoms with Gasteiger partial charge < -0.3 is 14.8 Å². The molecule has 30 heavy (non-hydrogen) atoms. The molecule has 1 saturated heterocycles. The molecule has 0 unspecified atom stereocenters. The molecule has 2 aromatic carbocycles. The number of ketones is 1. The molecule has 8 nitrogen and oxygen atoms in total. The van der Waals surface area contributed by atoms with Gasteiger partial charge in [-0.3, -0.25) is 19.7 Å². The van der Waals surface area contributed by atoms with Crippen LogP contribution < -0.4 is 4.90 Å². The number of non-ortho nitro benzene ring substituents is 1. The van der Waals surface area contributed by atoms with E-state index in [2.05, 4.69) is 4.98 Å². The Hall–Kier alpha value is -3.75. The van der Waals surface area contributed by atoms with Gasteiger partial charge >= 0.3 is 0 Å². The van der Waals surface area contributed by atoms with E-state index in [1.807, 2.05) is 4.90 Å². The van der Waals surface area contributed by atoms with Gasteiger partial charge in [0.25, 0.3) is 11.6 Å². The SMILES string of the molecule is CC(=O)c1ccc(N2CCN(C(=O)c3cc4cccc([N+](=O)[O-])c4[nH]3)CC2)c(F)c1. The molecule has 1 aromatic heterocycles. The van der Waals surface area contributed by atoms with Gasteiger partial charge in [0.2, 0.25) is 0 Å². The number of nitrogens with zero attached hydrogens (tertiary/aromatic N) is 3. The summed E-state index contributed by atoms with van der Waals surface area (Å²) in [6.45, 7) is 3.01. The summed E-state index contributed by atoms with van der Waals surface area (Å²) >= 11 is 0. The van der Waals surface area contributed by atoms with Crippen molar-refractivity contribution in [2.24, 2.45) is 0 Å². The van der Waals surface area contributed by atoms with E-state index in [4.69, 9.17) is 0 Å². The largest absolute Gasteiger partial charge is 0.366 e. The minimum atomic E-state index is -0.488. The van der Waals surface area contributed by atoms with Gasteiger partial charge in [-0.05, 0) is 31.2 Å². The number of piperazine rings is 1. The summed E-state index contributed by atoms with van der Waals surface area (Å²) in [5, 5.41) is 11.8. The highest BCUT2D eigenvalue weighted by Gasteiger charge is 2.26. The molecule has 3 aromatic rings. The molecule has 1 aliphatic rings. The van der Waals surface area contributed by atoms with E-state index in [0.717, 1.165) is 0 Å². The summed E-state index contributed by atoms with van der Waals surface area (Å²) in [5.41, 5.74) is 1.23. The Morgan fingerprint density at radius 1 is 1.10 bits per heavy atom. The third kappa shape index (κ3) is 3.49. The zero-order valence-electron chi connectivity index (χ0n) is 16.2. The number of Topliss-reactive ketones (excluding diaryl/α,β-unsaturated/α-hetero) is 1. The highest BCUT2D eigenvalue weighted by molar-refractivity contribution is 6.00. The Balaban J connectivity index is 1.49. The van der Waals surface area contributed by atoms with Gasteiger partial charge in [-0.15, -0.1) is 0 Å². The number of hydrogen-bond donors (Lipinski definition) is 1. The van der Waals surface area contributed by atoms with Crippen LogP contribution in [0.5, 0.6) is 0 Å². The first-order chi connectivity index (χ1) is 14.3. The van der Waals surface area contributed by atoms with Crippen molar-refractivity contribution in [2.45, 2.75) is 6.92 Å². The van der Waals surface area contributed by atoms with Gasteiger partial charge in [0.05, 0.1) is 10.6 Å². The lowest BCUT2D eigenvalue weighted by Gasteiger charge is -2.36. The number of para-hydroxylation sites is 1. The number of aromatic amines is 1. The highest BCUT2D eigenvalue weighted by atomic mass is 19.1. The topological polar surface area (TPSA) is 99.6 Å². The van der Waals surface area contributed by atoms with Crippen molar-refractivity contribution in [3.63, 3.8) is 0 Å². The average Bonchev–Trinajstić information content (AvgIpc) is 3.17. The van der Waals surface area contributed by atoms with Crippen molar-refractivity contribution in [1.29, 1.82) is 0 Å². The zero-order valence-corrected chi connectivity index (χ0v) is 16.2. The predicted octanol–water partition coefficient (Wildman–Crippen LogP) is 3.38. The average molecular weight is 410 g/mol. The van der Waals surface area contributed by atoms with E-state index in [0.29, 0.717) is 48.3 Å². The summed E-state index contributed by atoms with van der Waals surface area (Å²) in [7, 11) is 0. The first-order valence-corrected chi connectivity index (χ1v) is 9.46. The molecule has 0 spiro atoms. The number of fused-ring (bicyclic) bond motifs is 1. The zero-order chi connectivity index (χ0) is 21.4. The van der Waals surface area contributed by atoms with Gasteiger partial charge in [0.1, 0.15) is 17.0 Å². The number of nitro groups is 1. The second-order valence-electron chi connectivity index (χ2n) is 7.18. The molecule has 0 bridgehead atoms. The van der Waals surface area contributed by atoms with Crippen LogP contribution in [0.2, 0.25) is 0 Å². The summed E-state index contributed by atoms with van der Waals surface area (Å²) < 4.78 is 14.4. The number of halogens is 1. The van der Waals surface area contributed by atoms with Gasteiger partial charge in [-0.1, -0.05) is 12.1 Å². The summed E-state index contributed by atoms with van der Waals surface area (Å²) in [6.07, 6.45) is 0. The quantitative estimate of drug-likeness (QED) is 0.404. The van der Waals surface area contributed by atoms with Crippen LogP contribution >= 0.6 is 0 Å². The smallest absolute Gasteiger partial charge is 0.293 e. The third-order valence-corrected chi connectivity index (χ3v) is 5.32. The molecular formula is C21H19FN4O4. The number of rotatable bonds is 4. The van der Waals surface area contributed by atoms with E-state index in [1.54, 1.807) is 35.2 Å². The van der Waals surface area contributed by atoms with Crippen molar-refractivity contribution in [1.82, 2.24) is 9.88 Å². The fourth-order valence-corrected chi connectivity index (χ4v) is 3.71. The number of hydrogen-bond acceptors (Lipinski definition) is 5. The van der Waals surface area contributed by atoms with E-state index in [1.165, 1.54) is 19.1 Å². The Morgan fingerprint density at radius 2 is 1.83 bits per heavy atom. The molecule has 9 heteroatoms. The number of nitrogens with one attached hydrogen (secondary N) is 1. The highest BCUT2D eigenvalue weighted by Crippen LogP contribution is 2.27. The molecule has 0 atom stereocenters. The third-order valence-electron chi connectivity index (χ3n) is 5.32. The molecule has 0 saturated carbocycles. The van der Waals surface area contributed by atoms with Gasteiger partial charge in [-0.25, -0.2) is 4.39 Å².